The van der Waals surface area contributed by atoms with E-state index in [2.05, 4.69) is 15.6 Å². The summed E-state index contributed by atoms with van der Waals surface area (Å²) in [6.45, 7) is 0.757. The van der Waals surface area contributed by atoms with Crippen molar-refractivity contribution in [2.45, 2.75) is 12.8 Å². The third-order valence-electron chi connectivity index (χ3n) is 1.76. The molecule has 4 N–H and O–H groups in total. The number of aromatic nitrogens is 2. The molecule has 1 heterocycles. The first-order chi connectivity index (χ1) is 6.72. The van der Waals surface area contributed by atoms with Crippen LogP contribution >= 0.6 is 0 Å². The lowest BCUT2D eigenvalue weighted by Crippen LogP contribution is -2.13. The molecule has 0 aromatic carbocycles. The molecule has 0 radical (unpaired) electrons. The first-order valence-corrected chi connectivity index (χ1v) is 4.42. The van der Waals surface area contributed by atoms with Crippen molar-refractivity contribution in [2.24, 2.45) is 17.9 Å². The Labute approximate surface area is 82.4 Å². The van der Waals surface area contributed by atoms with Crippen LogP contribution in [0.5, 0.6) is 0 Å². The van der Waals surface area contributed by atoms with Gasteiger partial charge in [-0.05, 0) is 6.42 Å². The zero-order valence-corrected chi connectivity index (χ0v) is 8.14. The highest BCUT2D eigenvalue weighted by molar-refractivity contribution is 5.79. The predicted molar refractivity (Wildman–Crippen MR) is 54.3 cm³/mol. The molecule has 0 fully saturated rings. The molecule has 0 aliphatic heterocycles. The first kappa shape index (κ1) is 10.4. The number of hydrogen-bond acceptors (Lipinski definition) is 4. The highest BCUT2D eigenvalue weighted by atomic mass is 16.4. The Morgan fingerprint density at radius 1 is 1.79 bits per heavy atom. The minimum atomic E-state index is 0.257. The van der Waals surface area contributed by atoms with Crippen molar-refractivity contribution in [3.8, 4) is 0 Å². The van der Waals surface area contributed by atoms with Crippen LogP contribution in [0.25, 0.3) is 0 Å². The fraction of sp³-hybridized carbons (Fsp3) is 0.500. The monoisotopic (exact) mass is 197 g/mol. The van der Waals surface area contributed by atoms with Gasteiger partial charge in [0.2, 0.25) is 0 Å². The van der Waals surface area contributed by atoms with Crippen molar-refractivity contribution >= 4 is 11.7 Å². The number of nitrogens with two attached hydrogens (primary N) is 1. The Morgan fingerprint density at radius 2 is 2.57 bits per heavy atom. The molecule has 14 heavy (non-hydrogen) atoms. The average Bonchev–Trinajstić information content (AvgIpc) is 2.58. The number of aryl methyl sites for hydroxylation is 1. The lowest BCUT2D eigenvalue weighted by Gasteiger charge is -2.01. The number of anilines is 1. The molecule has 0 saturated carbocycles. The first-order valence-electron chi connectivity index (χ1n) is 4.42. The Bertz CT molecular complexity index is 306. The molecule has 78 valence electrons. The molecule has 0 amide bonds. The van der Waals surface area contributed by atoms with Crippen molar-refractivity contribution in [3.05, 3.63) is 12.3 Å². The largest absolute Gasteiger partial charge is 0.409 e. The molecule has 6 heteroatoms. The normalized spacial score (nSPS) is 11.6. The summed E-state index contributed by atoms with van der Waals surface area (Å²) in [5, 5.41) is 18.4. The van der Waals surface area contributed by atoms with E-state index in [-0.39, 0.29) is 5.84 Å². The van der Waals surface area contributed by atoms with Gasteiger partial charge in [0.1, 0.15) is 11.7 Å². The van der Waals surface area contributed by atoms with E-state index in [1.165, 1.54) is 0 Å². The molecular formula is C8H15N5O. The number of rotatable bonds is 5. The number of nitrogens with zero attached hydrogens (tertiary/aromatic N) is 3. The zero-order valence-electron chi connectivity index (χ0n) is 8.14. The number of amidine groups is 1. The lowest BCUT2D eigenvalue weighted by molar-refractivity contribution is 0.316. The molecule has 6 nitrogen and oxygen atoms in total. The molecule has 0 bridgehead atoms. The fourth-order valence-electron chi connectivity index (χ4n) is 1.05. The van der Waals surface area contributed by atoms with Gasteiger partial charge in [0.15, 0.2) is 0 Å². The number of oxime groups is 1. The number of nitrogens with one attached hydrogen (secondary N) is 1. The van der Waals surface area contributed by atoms with Gasteiger partial charge in [0.25, 0.3) is 0 Å². The van der Waals surface area contributed by atoms with E-state index in [1.54, 1.807) is 4.68 Å². The van der Waals surface area contributed by atoms with E-state index in [0.29, 0.717) is 6.42 Å². The van der Waals surface area contributed by atoms with Crippen LogP contribution < -0.4 is 11.1 Å². The van der Waals surface area contributed by atoms with Crippen LogP contribution in [0.4, 0.5) is 5.82 Å². The van der Waals surface area contributed by atoms with Gasteiger partial charge in [-0.3, -0.25) is 4.68 Å². The van der Waals surface area contributed by atoms with E-state index in [1.807, 2.05) is 19.3 Å². The number of hydrogen-bond donors (Lipinski definition) is 3. The van der Waals surface area contributed by atoms with Gasteiger partial charge < -0.3 is 16.3 Å². The molecule has 0 saturated heterocycles. The summed E-state index contributed by atoms with van der Waals surface area (Å²) >= 11 is 0. The summed E-state index contributed by atoms with van der Waals surface area (Å²) in [5.74, 6) is 1.10. The second-order valence-corrected chi connectivity index (χ2v) is 3.00. The minimum Gasteiger partial charge on any atom is -0.409 e. The molecule has 0 atom stereocenters. The average molecular weight is 197 g/mol. The van der Waals surface area contributed by atoms with Crippen molar-refractivity contribution < 1.29 is 5.21 Å². The fourth-order valence-corrected chi connectivity index (χ4v) is 1.05. The Hall–Kier alpha value is -1.72. The SMILES string of the molecule is Cn1ccc(NCCCC(N)=NO)n1. The van der Waals surface area contributed by atoms with Crippen LogP contribution in [0.3, 0.4) is 0 Å². The van der Waals surface area contributed by atoms with E-state index < -0.39 is 0 Å². The van der Waals surface area contributed by atoms with Crippen LogP contribution in [0.1, 0.15) is 12.8 Å². The predicted octanol–water partition coefficient (Wildman–Crippen LogP) is 0.359. The summed E-state index contributed by atoms with van der Waals surface area (Å²) in [5.41, 5.74) is 5.31. The van der Waals surface area contributed by atoms with Crippen LogP contribution in [0.15, 0.2) is 17.4 Å². The molecule has 1 rings (SSSR count). The summed E-state index contributed by atoms with van der Waals surface area (Å²) in [6.07, 6.45) is 3.26. The van der Waals surface area contributed by atoms with Gasteiger partial charge in [0, 0.05) is 32.3 Å². The van der Waals surface area contributed by atoms with Gasteiger partial charge in [0.05, 0.1) is 0 Å². The van der Waals surface area contributed by atoms with Gasteiger partial charge in [-0.25, -0.2) is 0 Å². The summed E-state index contributed by atoms with van der Waals surface area (Å²) in [4.78, 5) is 0. The van der Waals surface area contributed by atoms with Crippen molar-refractivity contribution in [3.63, 3.8) is 0 Å². The maximum atomic E-state index is 8.28. The Morgan fingerprint density at radius 3 is 3.14 bits per heavy atom. The Kier molecular flexibility index (Phi) is 3.78. The second kappa shape index (κ2) is 5.11. The highest BCUT2D eigenvalue weighted by Crippen LogP contribution is 2.01. The van der Waals surface area contributed by atoms with E-state index >= 15 is 0 Å². The standard InChI is InChI=1S/C8H15N5O/c1-13-6-4-8(11-13)10-5-2-3-7(9)12-14/h4,6,14H,2-3,5H2,1H3,(H2,9,12)(H,10,11). The molecule has 1 aromatic heterocycles. The minimum absolute atomic E-state index is 0.257. The van der Waals surface area contributed by atoms with Gasteiger partial charge >= 0.3 is 0 Å². The van der Waals surface area contributed by atoms with Crippen LogP contribution in [0, 0.1) is 0 Å². The van der Waals surface area contributed by atoms with Crippen LogP contribution in [-0.2, 0) is 7.05 Å². The molecular weight excluding hydrogens is 182 g/mol. The maximum absolute atomic E-state index is 8.28. The van der Waals surface area contributed by atoms with E-state index in [0.717, 1.165) is 18.8 Å². The summed E-state index contributed by atoms with van der Waals surface area (Å²) < 4.78 is 1.73. The second-order valence-electron chi connectivity index (χ2n) is 3.00. The van der Waals surface area contributed by atoms with Crippen molar-refractivity contribution in [2.75, 3.05) is 11.9 Å². The quantitative estimate of drug-likeness (QED) is 0.209. The van der Waals surface area contributed by atoms with Crippen molar-refractivity contribution in [1.82, 2.24) is 9.78 Å². The van der Waals surface area contributed by atoms with E-state index in [4.69, 9.17) is 10.9 Å². The van der Waals surface area contributed by atoms with Crippen LogP contribution in [-0.4, -0.2) is 27.4 Å². The smallest absolute Gasteiger partial charge is 0.147 e. The molecule has 1 aromatic rings. The summed E-state index contributed by atoms with van der Waals surface area (Å²) in [6, 6.07) is 1.89. The summed E-state index contributed by atoms with van der Waals surface area (Å²) in [7, 11) is 1.86. The molecule has 0 aliphatic rings. The molecule has 0 aliphatic carbocycles. The topological polar surface area (TPSA) is 88.5 Å². The van der Waals surface area contributed by atoms with Gasteiger partial charge in [-0.1, -0.05) is 5.16 Å². The zero-order chi connectivity index (χ0) is 10.4. The van der Waals surface area contributed by atoms with Crippen LogP contribution in [0.2, 0.25) is 0 Å². The van der Waals surface area contributed by atoms with Gasteiger partial charge in [-0.15, -0.1) is 0 Å². The van der Waals surface area contributed by atoms with Crippen molar-refractivity contribution in [1.29, 1.82) is 0 Å². The third-order valence-corrected chi connectivity index (χ3v) is 1.76. The molecule has 0 unspecified atom stereocenters. The lowest BCUT2D eigenvalue weighted by atomic mass is 10.3. The highest BCUT2D eigenvalue weighted by Gasteiger charge is 1.96. The van der Waals surface area contributed by atoms with E-state index in [9.17, 15) is 0 Å². The third kappa shape index (κ3) is 3.34. The molecule has 0 spiro atoms. The maximum Gasteiger partial charge on any atom is 0.147 e. The Balaban J connectivity index is 2.16. The van der Waals surface area contributed by atoms with Gasteiger partial charge in [-0.2, -0.15) is 5.10 Å².